The van der Waals surface area contributed by atoms with Crippen molar-refractivity contribution in [3.05, 3.63) is 34.9 Å². The van der Waals surface area contributed by atoms with Crippen molar-refractivity contribution in [2.24, 2.45) is 11.0 Å². The predicted molar refractivity (Wildman–Crippen MR) is 73.5 cm³/mol. The molecule has 5 heteroatoms. The van der Waals surface area contributed by atoms with Crippen LogP contribution in [0.4, 0.5) is 0 Å². The number of hydrogen-bond acceptors (Lipinski definition) is 3. The van der Waals surface area contributed by atoms with Gasteiger partial charge in [-0.1, -0.05) is 17.7 Å². The topological polar surface area (TPSA) is 70.0 Å². The predicted octanol–water partition coefficient (Wildman–Crippen LogP) is 1.58. The smallest absolute Gasteiger partial charge is 0.325 e. The Morgan fingerprint density at radius 2 is 2.30 bits per heavy atom. The molecule has 0 saturated carbocycles. The molecule has 1 aromatic carbocycles. The first-order chi connectivity index (χ1) is 9.54. The van der Waals surface area contributed by atoms with E-state index in [1.54, 1.807) is 0 Å². The third-order valence-corrected chi connectivity index (χ3v) is 3.91. The summed E-state index contributed by atoms with van der Waals surface area (Å²) in [5, 5.41) is 14.3. The number of hydrogen-bond donors (Lipinski definition) is 1. The van der Waals surface area contributed by atoms with Gasteiger partial charge in [0.25, 0.3) is 0 Å². The van der Waals surface area contributed by atoms with E-state index < -0.39 is 5.97 Å². The number of rotatable bonds is 2. The van der Waals surface area contributed by atoms with Crippen LogP contribution in [0.1, 0.15) is 29.5 Å². The molecule has 20 heavy (non-hydrogen) atoms. The molecule has 1 amide bonds. The summed E-state index contributed by atoms with van der Waals surface area (Å²) >= 11 is 0. The molecule has 0 fully saturated rings. The van der Waals surface area contributed by atoms with Crippen LogP contribution in [0.3, 0.4) is 0 Å². The first-order valence-corrected chi connectivity index (χ1v) is 6.75. The fraction of sp³-hybridized carbons (Fsp3) is 0.400. The van der Waals surface area contributed by atoms with Crippen LogP contribution in [0.25, 0.3) is 0 Å². The molecule has 1 aromatic rings. The number of carbonyl (C=O) groups excluding carboxylic acids is 1. The summed E-state index contributed by atoms with van der Waals surface area (Å²) in [5.74, 6) is -1.11. The summed E-state index contributed by atoms with van der Waals surface area (Å²) in [6, 6.07) is 6.25. The maximum atomic E-state index is 11.9. The fourth-order valence-corrected chi connectivity index (χ4v) is 2.92. The van der Waals surface area contributed by atoms with Crippen LogP contribution < -0.4 is 0 Å². The van der Waals surface area contributed by atoms with Gasteiger partial charge >= 0.3 is 5.97 Å². The van der Waals surface area contributed by atoms with Crippen molar-refractivity contribution < 1.29 is 14.7 Å². The maximum absolute atomic E-state index is 11.9. The Bertz CT molecular complexity index is 622. The van der Waals surface area contributed by atoms with Crippen LogP contribution in [-0.4, -0.2) is 34.2 Å². The molecular weight excluding hydrogens is 256 g/mol. The van der Waals surface area contributed by atoms with E-state index in [4.69, 9.17) is 5.11 Å². The summed E-state index contributed by atoms with van der Waals surface area (Å²) in [6.07, 6.45) is 2.21. The monoisotopic (exact) mass is 272 g/mol. The minimum Gasteiger partial charge on any atom is -0.480 e. The van der Waals surface area contributed by atoms with Gasteiger partial charge in [-0.3, -0.25) is 9.59 Å². The Morgan fingerprint density at radius 3 is 3.05 bits per heavy atom. The molecule has 1 atom stereocenters. The number of carboxylic acids is 1. The molecule has 1 unspecified atom stereocenters. The largest absolute Gasteiger partial charge is 0.480 e. The number of aliphatic carboxylic acids is 1. The normalized spacial score (nSPS) is 21.1. The van der Waals surface area contributed by atoms with Gasteiger partial charge in [0.15, 0.2) is 0 Å². The minimum absolute atomic E-state index is 0.127. The van der Waals surface area contributed by atoms with Gasteiger partial charge in [-0.05, 0) is 31.4 Å². The molecule has 1 aliphatic carbocycles. The van der Waals surface area contributed by atoms with E-state index in [0.29, 0.717) is 6.42 Å². The molecular formula is C15H16N2O3. The number of nitrogens with zero attached hydrogens (tertiary/aromatic N) is 2. The average molecular weight is 272 g/mol. The number of benzene rings is 1. The summed E-state index contributed by atoms with van der Waals surface area (Å²) in [7, 11) is 0. The van der Waals surface area contributed by atoms with E-state index in [9.17, 15) is 9.59 Å². The van der Waals surface area contributed by atoms with E-state index >= 15 is 0 Å². The van der Waals surface area contributed by atoms with Gasteiger partial charge in [-0.2, -0.15) is 5.10 Å². The summed E-state index contributed by atoms with van der Waals surface area (Å²) in [5.41, 5.74) is 4.32. The zero-order valence-corrected chi connectivity index (χ0v) is 11.3. The van der Waals surface area contributed by atoms with Gasteiger partial charge in [0, 0.05) is 17.9 Å². The van der Waals surface area contributed by atoms with Crippen LogP contribution in [0.2, 0.25) is 0 Å². The van der Waals surface area contributed by atoms with Crippen molar-refractivity contribution in [3.63, 3.8) is 0 Å². The van der Waals surface area contributed by atoms with E-state index in [-0.39, 0.29) is 18.4 Å². The fourth-order valence-electron chi connectivity index (χ4n) is 2.92. The lowest BCUT2D eigenvalue weighted by molar-refractivity contribution is -0.145. The molecule has 104 valence electrons. The molecule has 1 heterocycles. The molecule has 0 bridgehead atoms. The van der Waals surface area contributed by atoms with Crippen molar-refractivity contribution in [2.75, 3.05) is 6.54 Å². The number of carbonyl (C=O) groups is 2. The summed E-state index contributed by atoms with van der Waals surface area (Å²) in [6.45, 7) is 1.66. The molecule has 0 aromatic heterocycles. The van der Waals surface area contributed by atoms with Gasteiger partial charge in [0.2, 0.25) is 5.91 Å². The van der Waals surface area contributed by atoms with Crippen LogP contribution in [0, 0.1) is 12.8 Å². The second kappa shape index (κ2) is 4.74. The van der Waals surface area contributed by atoms with Crippen molar-refractivity contribution in [2.45, 2.75) is 26.2 Å². The van der Waals surface area contributed by atoms with Crippen molar-refractivity contribution >= 4 is 17.6 Å². The molecule has 0 radical (unpaired) electrons. The average Bonchev–Trinajstić information content (AvgIpc) is 2.39. The first kappa shape index (κ1) is 12.8. The summed E-state index contributed by atoms with van der Waals surface area (Å²) < 4.78 is 0. The Labute approximate surface area is 116 Å². The van der Waals surface area contributed by atoms with Crippen molar-refractivity contribution in [3.8, 4) is 0 Å². The van der Waals surface area contributed by atoms with E-state index in [1.807, 2.05) is 6.92 Å². The number of aryl methyl sites for hydroxylation is 2. The van der Waals surface area contributed by atoms with E-state index in [1.165, 1.54) is 5.56 Å². The standard InChI is InChI=1S/C15H16N2O3/c1-9-2-3-10-4-5-11-7-13(18)17(8-14(19)20)16-15(11)12(10)6-9/h2-3,6,11H,4-5,7-8H2,1H3,(H,19,20). The Hall–Kier alpha value is -2.17. The van der Waals surface area contributed by atoms with Gasteiger partial charge in [-0.25, -0.2) is 5.01 Å². The van der Waals surface area contributed by atoms with Gasteiger partial charge in [-0.15, -0.1) is 0 Å². The molecule has 3 rings (SSSR count). The minimum atomic E-state index is -1.04. The molecule has 2 aliphatic rings. The highest BCUT2D eigenvalue weighted by Gasteiger charge is 2.34. The van der Waals surface area contributed by atoms with Crippen LogP contribution in [0.15, 0.2) is 23.3 Å². The first-order valence-electron chi connectivity index (χ1n) is 6.75. The van der Waals surface area contributed by atoms with Gasteiger partial charge in [0.05, 0.1) is 5.71 Å². The third kappa shape index (κ3) is 2.19. The quantitative estimate of drug-likeness (QED) is 0.888. The van der Waals surface area contributed by atoms with E-state index in [0.717, 1.165) is 34.7 Å². The van der Waals surface area contributed by atoms with Gasteiger partial charge < -0.3 is 5.11 Å². The third-order valence-electron chi connectivity index (χ3n) is 3.91. The number of carboxylic acid groups (broad SMARTS) is 1. The lowest BCUT2D eigenvalue weighted by Crippen LogP contribution is -2.41. The van der Waals surface area contributed by atoms with Crippen LogP contribution >= 0.6 is 0 Å². The Balaban J connectivity index is 2.04. The lowest BCUT2D eigenvalue weighted by Gasteiger charge is -2.33. The highest BCUT2D eigenvalue weighted by atomic mass is 16.4. The highest BCUT2D eigenvalue weighted by molar-refractivity contribution is 6.08. The maximum Gasteiger partial charge on any atom is 0.325 e. The van der Waals surface area contributed by atoms with Gasteiger partial charge in [0.1, 0.15) is 6.54 Å². The highest BCUT2D eigenvalue weighted by Crippen LogP contribution is 2.32. The second-order valence-corrected chi connectivity index (χ2v) is 5.43. The van der Waals surface area contributed by atoms with Crippen LogP contribution in [0.5, 0.6) is 0 Å². The zero-order valence-electron chi connectivity index (χ0n) is 11.3. The van der Waals surface area contributed by atoms with E-state index in [2.05, 4.69) is 23.3 Å². The molecule has 0 saturated heterocycles. The SMILES string of the molecule is Cc1ccc2c(c1)C1=NN(CC(=O)O)C(=O)CC1CC2. The Kier molecular flexibility index (Phi) is 3.04. The summed E-state index contributed by atoms with van der Waals surface area (Å²) in [4.78, 5) is 22.7. The van der Waals surface area contributed by atoms with Crippen LogP contribution in [-0.2, 0) is 16.0 Å². The molecule has 1 aliphatic heterocycles. The van der Waals surface area contributed by atoms with Crippen molar-refractivity contribution in [1.29, 1.82) is 0 Å². The second-order valence-electron chi connectivity index (χ2n) is 5.43. The number of amides is 1. The zero-order chi connectivity index (χ0) is 14.3. The molecule has 5 nitrogen and oxygen atoms in total. The molecule has 1 N–H and O–H groups in total. The number of hydrazone groups is 1. The number of fused-ring (bicyclic) bond motifs is 3. The molecule has 0 spiro atoms. The lowest BCUT2D eigenvalue weighted by atomic mass is 9.79. The Morgan fingerprint density at radius 1 is 1.50 bits per heavy atom. The van der Waals surface area contributed by atoms with Crippen molar-refractivity contribution in [1.82, 2.24) is 5.01 Å².